The van der Waals surface area contributed by atoms with E-state index < -0.39 is 10.0 Å². The van der Waals surface area contributed by atoms with E-state index in [2.05, 4.69) is 5.32 Å². The van der Waals surface area contributed by atoms with Crippen molar-refractivity contribution in [3.63, 3.8) is 0 Å². The number of aryl methyl sites for hydroxylation is 1. The van der Waals surface area contributed by atoms with Crippen molar-refractivity contribution < 1.29 is 8.42 Å². The van der Waals surface area contributed by atoms with E-state index in [1.807, 2.05) is 31.2 Å². The van der Waals surface area contributed by atoms with Gasteiger partial charge in [0.1, 0.15) is 0 Å². The fourth-order valence-corrected chi connectivity index (χ4v) is 3.79. The molecular formula is C14H22N2O2S. The van der Waals surface area contributed by atoms with Crippen LogP contribution in [0.5, 0.6) is 0 Å². The number of sulfonamides is 1. The van der Waals surface area contributed by atoms with E-state index in [9.17, 15) is 8.42 Å². The van der Waals surface area contributed by atoms with E-state index in [4.69, 9.17) is 0 Å². The summed E-state index contributed by atoms with van der Waals surface area (Å²) < 4.78 is 26.0. The van der Waals surface area contributed by atoms with Gasteiger partial charge in [0.2, 0.25) is 10.0 Å². The molecule has 5 heteroatoms. The number of benzene rings is 1. The first-order valence-electron chi connectivity index (χ1n) is 6.71. The summed E-state index contributed by atoms with van der Waals surface area (Å²) in [7, 11) is -1.52. The van der Waals surface area contributed by atoms with Crippen LogP contribution < -0.4 is 5.32 Å². The molecule has 1 aromatic carbocycles. The van der Waals surface area contributed by atoms with Crippen molar-refractivity contribution in [1.29, 1.82) is 0 Å². The molecule has 0 saturated carbocycles. The Morgan fingerprint density at radius 1 is 1.37 bits per heavy atom. The zero-order valence-corrected chi connectivity index (χ0v) is 12.4. The van der Waals surface area contributed by atoms with Gasteiger partial charge in [-0.3, -0.25) is 0 Å². The van der Waals surface area contributed by atoms with E-state index in [0.29, 0.717) is 6.54 Å². The zero-order valence-electron chi connectivity index (χ0n) is 11.6. The first-order chi connectivity index (χ1) is 8.99. The lowest BCUT2D eigenvalue weighted by molar-refractivity contribution is 0.459. The number of nitrogens with one attached hydrogen (secondary N) is 1. The highest BCUT2D eigenvalue weighted by Gasteiger charge is 2.25. The van der Waals surface area contributed by atoms with Crippen molar-refractivity contribution in [2.45, 2.75) is 32.4 Å². The van der Waals surface area contributed by atoms with Gasteiger partial charge in [-0.1, -0.05) is 24.3 Å². The molecule has 0 amide bonds. The van der Waals surface area contributed by atoms with Crippen LogP contribution in [0.25, 0.3) is 0 Å². The number of hydrogen-bond acceptors (Lipinski definition) is 3. The van der Waals surface area contributed by atoms with Gasteiger partial charge < -0.3 is 5.32 Å². The molecule has 0 aromatic heterocycles. The molecule has 0 bridgehead atoms. The van der Waals surface area contributed by atoms with Crippen LogP contribution in [0.4, 0.5) is 0 Å². The van der Waals surface area contributed by atoms with Crippen molar-refractivity contribution in [2.24, 2.45) is 0 Å². The van der Waals surface area contributed by atoms with Crippen LogP contribution in [-0.2, 0) is 16.6 Å². The Labute approximate surface area is 115 Å². The van der Waals surface area contributed by atoms with Gasteiger partial charge >= 0.3 is 0 Å². The normalized spacial score (nSPS) is 20.1. The maximum absolute atomic E-state index is 12.3. The van der Waals surface area contributed by atoms with Crippen molar-refractivity contribution in [3.8, 4) is 0 Å². The second-order valence-corrected chi connectivity index (χ2v) is 7.37. The molecule has 106 valence electrons. The molecule has 1 unspecified atom stereocenters. The summed E-state index contributed by atoms with van der Waals surface area (Å²) in [6.45, 7) is 3.39. The first kappa shape index (κ1) is 14.5. The smallest absolute Gasteiger partial charge is 0.215 e. The van der Waals surface area contributed by atoms with Gasteiger partial charge in [-0.15, -0.1) is 0 Å². The van der Waals surface area contributed by atoms with E-state index in [-0.39, 0.29) is 11.8 Å². The topological polar surface area (TPSA) is 49.4 Å². The number of rotatable bonds is 5. The molecule has 1 saturated heterocycles. The summed E-state index contributed by atoms with van der Waals surface area (Å²) in [5, 5.41) is 3.24. The molecule has 0 radical (unpaired) electrons. The second kappa shape index (κ2) is 6.03. The fourth-order valence-electron chi connectivity index (χ4n) is 2.41. The molecule has 1 aliphatic rings. The molecule has 0 spiro atoms. The SMILES string of the molecule is Cc1ccccc1CN(C)S(=O)(=O)CC1CCCN1. The van der Waals surface area contributed by atoms with Crippen LogP contribution in [0.15, 0.2) is 24.3 Å². The van der Waals surface area contributed by atoms with Crippen LogP contribution in [-0.4, -0.2) is 38.1 Å². The molecule has 1 aliphatic heterocycles. The third-order valence-electron chi connectivity index (χ3n) is 3.70. The zero-order chi connectivity index (χ0) is 13.9. The molecular weight excluding hydrogens is 260 g/mol. The quantitative estimate of drug-likeness (QED) is 0.890. The van der Waals surface area contributed by atoms with Crippen LogP contribution in [0, 0.1) is 6.92 Å². The van der Waals surface area contributed by atoms with Gasteiger partial charge in [0.15, 0.2) is 0 Å². The molecule has 19 heavy (non-hydrogen) atoms. The Hall–Kier alpha value is -0.910. The molecule has 2 rings (SSSR count). The van der Waals surface area contributed by atoms with Crippen molar-refractivity contribution in [2.75, 3.05) is 19.3 Å². The monoisotopic (exact) mass is 282 g/mol. The number of nitrogens with zero attached hydrogens (tertiary/aromatic N) is 1. The minimum Gasteiger partial charge on any atom is -0.313 e. The van der Waals surface area contributed by atoms with E-state index in [0.717, 1.165) is 30.5 Å². The minimum atomic E-state index is -3.19. The Kier molecular flexibility index (Phi) is 4.60. The Morgan fingerprint density at radius 2 is 2.11 bits per heavy atom. The lowest BCUT2D eigenvalue weighted by Crippen LogP contribution is -2.37. The maximum atomic E-state index is 12.3. The van der Waals surface area contributed by atoms with Crippen LogP contribution in [0.2, 0.25) is 0 Å². The van der Waals surface area contributed by atoms with Crippen LogP contribution in [0.3, 0.4) is 0 Å². The summed E-state index contributed by atoms with van der Waals surface area (Å²) >= 11 is 0. The van der Waals surface area contributed by atoms with Gasteiger partial charge in [-0.2, -0.15) is 0 Å². The van der Waals surface area contributed by atoms with Crippen LogP contribution in [0.1, 0.15) is 24.0 Å². The summed E-state index contributed by atoms with van der Waals surface area (Å²) in [6, 6.07) is 8.02. The van der Waals surface area contributed by atoms with E-state index >= 15 is 0 Å². The molecule has 4 nitrogen and oxygen atoms in total. The lowest BCUT2D eigenvalue weighted by atomic mass is 10.1. The Morgan fingerprint density at radius 3 is 2.74 bits per heavy atom. The van der Waals surface area contributed by atoms with E-state index in [1.54, 1.807) is 7.05 Å². The fraction of sp³-hybridized carbons (Fsp3) is 0.571. The maximum Gasteiger partial charge on any atom is 0.215 e. The lowest BCUT2D eigenvalue weighted by Gasteiger charge is -2.20. The highest BCUT2D eigenvalue weighted by Crippen LogP contribution is 2.14. The predicted octanol–water partition coefficient (Wildman–Crippen LogP) is 1.51. The molecule has 0 aliphatic carbocycles. The average Bonchev–Trinajstić information content (AvgIpc) is 2.84. The Balaban J connectivity index is 2.02. The summed E-state index contributed by atoms with van der Waals surface area (Å²) in [6.07, 6.45) is 2.03. The van der Waals surface area contributed by atoms with Crippen LogP contribution >= 0.6 is 0 Å². The summed E-state index contributed by atoms with van der Waals surface area (Å²) in [4.78, 5) is 0. The van der Waals surface area contributed by atoms with Crippen molar-refractivity contribution >= 4 is 10.0 Å². The largest absolute Gasteiger partial charge is 0.313 e. The molecule has 1 atom stereocenters. The highest BCUT2D eigenvalue weighted by molar-refractivity contribution is 7.89. The Bertz CT molecular complexity index is 522. The average molecular weight is 282 g/mol. The molecule has 1 heterocycles. The number of hydrogen-bond donors (Lipinski definition) is 1. The van der Waals surface area contributed by atoms with Gasteiger partial charge in [0, 0.05) is 19.6 Å². The van der Waals surface area contributed by atoms with E-state index in [1.165, 1.54) is 4.31 Å². The van der Waals surface area contributed by atoms with Gasteiger partial charge in [0.25, 0.3) is 0 Å². The molecule has 1 N–H and O–H groups in total. The predicted molar refractivity (Wildman–Crippen MR) is 77.5 cm³/mol. The third-order valence-corrected chi connectivity index (χ3v) is 5.61. The first-order valence-corrected chi connectivity index (χ1v) is 8.32. The minimum absolute atomic E-state index is 0.115. The highest BCUT2D eigenvalue weighted by atomic mass is 32.2. The summed E-state index contributed by atoms with van der Waals surface area (Å²) in [5.41, 5.74) is 2.19. The van der Waals surface area contributed by atoms with Gasteiger partial charge in [0.05, 0.1) is 5.75 Å². The molecule has 1 aromatic rings. The van der Waals surface area contributed by atoms with Crippen molar-refractivity contribution in [3.05, 3.63) is 35.4 Å². The van der Waals surface area contributed by atoms with Gasteiger partial charge in [-0.05, 0) is 37.4 Å². The summed E-state index contributed by atoms with van der Waals surface area (Å²) in [5.74, 6) is 0.204. The molecule has 1 fully saturated rings. The van der Waals surface area contributed by atoms with Crippen molar-refractivity contribution in [1.82, 2.24) is 9.62 Å². The van der Waals surface area contributed by atoms with Gasteiger partial charge in [-0.25, -0.2) is 12.7 Å². The second-order valence-electron chi connectivity index (χ2n) is 5.25. The third kappa shape index (κ3) is 3.78. The standard InChI is InChI=1S/C14H22N2O2S/c1-12-6-3-4-7-13(12)10-16(2)19(17,18)11-14-8-5-9-15-14/h3-4,6-7,14-15H,5,8-11H2,1-2H3.